The highest BCUT2D eigenvalue weighted by atomic mass is 127. The second kappa shape index (κ2) is 17.7. The molecular formula is C25H38IN3O3. The molecule has 0 aliphatic rings. The molecule has 7 heteroatoms. The van der Waals surface area contributed by atoms with Gasteiger partial charge < -0.3 is 24.8 Å². The molecule has 0 atom stereocenters. The maximum Gasteiger partial charge on any atom is 0.191 e. The van der Waals surface area contributed by atoms with Crippen LogP contribution < -0.4 is 15.4 Å². The largest absolute Gasteiger partial charge is 0.491 e. The number of guanidine groups is 1. The molecule has 0 unspecified atom stereocenters. The predicted molar refractivity (Wildman–Crippen MR) is 142 cm³/mol. The number of aryl methyl sites for hydroxylation is 1. The molecule has 0 radical (unpaired) electrons. The standard InChI is InChI=1S/C25H37N3O3.HI/c1-4-26-25(27-14-8-9-15-30-20-22-10-6-5-7-11-22)28-19-23-13-12-21(2)18-24(23)31-17-16-29-3;/h5-7,10-13,18H,4,8-9,14-17,19-20H2,1-3H3,(H2,26,27,28);1H. The summed E-state index contributed by atoms with van der Waals surface area (Å²) in [6.45, 7) is 8.88. The van der Waals surface area contributed by atoms with Crippen molar-refractivity contribution in [1.82, 2.24) is 10.6 Å². The quantitative estimate of drug-likeness (QED) is 0.153. The Kier molecular flexibility index (Phi) is 15.6. The molecule has 2 rings (SSSR count). The van der Waals surface area contributed by atoms with Gasteiger partial charge in [-0.2, -0.15) is 0 Å². The van der Waals surface area contributed by atoms with Gasteiger partial charge in [0.15, 0.2) is 5.96 Å². The zero-order valence-corrected chi connectivity index (χ0v) is 21.9. The lowest BCUT2D eigenvalue weighted by molar-refractivity contribution is 0.117. The van der Waals surface area contributed by atoms with E-state index < -0.39 is 0 Å². The van der Waals surface area contributed by atoms with Crippen molar-refractivity contribution >= 4 is 29.9 Å². The fourth-order valence-electron chi connectivity index (χ4n) is 2.97. The number of aliphatic imine (C=N–C) groups is 1. The SMILES string of the molecule is CCNC(=NCc1ccc(C)cc1OCCOC)NCCCCOCc1ccccc1.I. The Morgan fingerprint density at radius 2 is 1.78 bits per heavy atom. The highest BCUT2D eigenvalue weighted by molar-refractivity contribution is 14.0. The minimum absolute atomic E-state index is 0. The third-order valence-corrected chi connectivity index (χ3v) is 4.64. The van der Waals surface area contributed by atoms with E-state index in [1.54, 1.807) is 7.11 Å². The molecule has 2 N–H and O–H groups in total. The van der Waals surface area contributed by atoms with Gasteiger partial charge in [-0.05, 0) is 43.9 Å². The number of nitrogens with zero attached hydrogens (tertiary/aromatic N) is 1. The highest BCUT2D eigenvalue weighted by Gasteiger charge is 2.05. The molecule has 6 nitrogen and oxygen atoms in total. The van der Waals surface area contributed by atoms with E-state index in [4.69, 9.17) is 19.2 Å². The molecule has 178 valence electrons. The Morgan fingerprint density at radius 1 is 0.969 bits per heavy atom. The molecule has 0 fully saturated rings. The van der Waals surface area contributed by atoms with Crippen LogP contribution in [0.3, 0.4) is 0 Å². The normalized spacial score (nSPS) is 11.0. The summed E-state index contributed by atoms with van der Waals surface area (Å²) >= 11 is 0. The van der Waals surface area contributed by atoms with Gasteiger partial charge in [-0.1, -0.05) is 42.5 Å². The third-order valence-electron chi connectivity index (χ3n) is 4.64. The van der Waals surface area contributed by atoms with E-state index in [-0.39, 0.29) is 24.0 Å². The molecule has 0 spiro atoms. The second-order valence-electron chi connectivity index (χ2n) is 7.32. The number of hydrogen-bond acceptors (Lipinski definition) is 4. The molecule has 0 aliphatic heterocycles. The van der Waals surface area contributed by atoms with E-state index >= 15 is 0 Å². The molecule has 2 aromatic rings. The average molecular weight is 556 g/mol. The van der Waals surface area contributed by atoms with Crippen LogP contribution in [-0.4, -0.2) is 46.0 Å². The minimum Gasteiger partial charge on any atom is -0.491 e. The lowest BCUT2D eigenvalue weighted by atomic mass is 10.1. The van der Waals surface area contributed by atoms with Crippen molar-refractivity contribution < 1.29 is 14.2 Å². The summed E-state index contributed by atoms with van der Waals surface area (Å²) in [5, 5.41) is 6.71. The number of hydrogen-bond donors (Lipinski definition) is 2. The van der Waals surface area contributed by atoms with Crippen LogP contribution in [0, 0.1) is 6.92 Å². The predicted octanol–water partition coefficient (Wildman–Crippen LogP) is 4.69. The smallest absolute Gasteiger partial charge is 0.191 e. The van der Waals surface area contributed by atoms with Gasteiger partial charge >= 0.3 is 0 Å². The molecule has 2 aromatic carbocycles. The van der Waals surface area contributed by atoms with Crippen LogP contribution in [0.15, 0.2) is 53.5 Å². The van der Waals surface area contributed by atoms with Gasteiger partial charge in [0, 0.05) is 32.4 Å². The van der Waals surface area contributed by atoms with Crippen molar-refractivity contribution in [2.24, 2.45) is 4.99 Å². The summed E-state index contributed by atoms with van der Waals surface area (Å²) in [5.41, 5.74) is 3.44. The second-order valence-corrected chi connectivity index (χ2v) is 7.32. The summed E-state index contributed by atoms with van der Waals surface area (Å²) in [7, 11) is 1.68. The summed E-state index contributed by atoms with van der Waals surface area (Å²) in [6.07, 6.45) is 2.03. The molecule has 0 heterocycles. The summed E-state index contributed by atoms with van der Waals surface area (Å²) < 4.78 is 16.7. The van der Waals surface area contributed by atoms with Gasteiger partial charge in [0.05, 0.1) is 19.8 Å². The molecule has 0 saturated heterocycles. The average Bonchev–Trinajstić information content (AvgIpc) is 2.78. The number of rotatable bonds is 14. The lowest BCUT2D eigenvalue weighted by Gasteiger charge is -2.13. The molecule has 0 amide bonds. The van der Waals surface area contributed by atoms with Crippen LogP contribution in [0.25, 0.3) is 0 Å². The van der Waals surface area contributed by atoms with Gasteiger partial charge in [0.2, 0.25) is 0 Å². The lowest BCUT2D eigenvalue weighted by Crippen LogP contribution is -2.37. The van der Waals surface area contributed by atoms with Crippen LogP contribution >= 0.6 is 24.0 Å². The maximum absolute atomic E-state index is 5.87. The fourth-order valence-corrected chi connectivity index (χ4v) is 2.97. The van der Waals surface area contributed by atoms with Gasteiger partial charge in [-0.3, -0.25) is 0 Å². The van der Waals surface area contributed by atoms with Gasteiger partial charge in [0.25, 0.3) is 0 Å². The van der Waals surface area contributed by atoms with E-state index in [1.807, 2.05) is 18.2 Å². The van der Waals surface area contributed by atoms with Crippen molar-refractivity contribution in [2.45, 2.75) is 39.8 Å². The zero-order valence-electron chi connectivity index (χ0n) is 19.6. The van der Waals surface area contributed by atoms with E-state index in [0.717, 1.165) is 49.8 Å². The van der Waals surface area contributed by atoms with Gasteiger partial charge in [-0.15, -0.1) is 24.0 Å². The van der Waals surface area contributed by atoms with Gasteiger partial charge in [-0.25, -0.2) is 4.99 Å². The van der Waals surface area contributed by atoms with E-state index in [0.29, 0.717) is 26.4 Å². The van der Waals surface area contributed by atoms with E-state index in [9.17, 15) is 0 Å². The topological polar surface area (TPSA) is 64.1 Å². The van der Waals surface area contributed by atoms with Crippen molar-refractivity contribution in [3.05, 3.63) is 65.2 Å². The molecule has 0 aliphatic carbocycles. The fraction of sp³-hybridized carbons (Fsp3) is 0.480. The number of nitrogens with one attached hydrogen (secondary N) is 2. The minimum atomic E-state index is 0. The first-order valence-corrected chi connectivity index (χ1v) is 11.1. The molecule has 0 bridgehead atoms. The number of ether oxygens (including phenoxy) is 3. The summed E-state index contributed by atoms with van der Waals surface area (Å²) in [6, 6.07) is 16.5. The van der Waals surface area contributed by atoms with Crippen molar-refractivity contribution in [2.75, 3.05) is 40.0 Å². The Bertz CT molecular complexity index is 772. The van der Waals surface area contributed by atoms with Crippen LogP contribution in [0.2, 0.25) is 0 Å². The Balaban J connectivity index is 0.00000512. The van der Waals surface area contributed by atoms with Crippen LogP contribution in [0.5, 0.6) is 5.75 Å². The van der Waals surface area contributed by atoms with Crippen molar-refractivity contribution in [3.8, 4) is 5.75 Å². The Labute approximate surface area is 210 Å². The van der Waals surface area contributed by atoms with Crippen molar-refractivity contribution in [3.63, 3.8) is 0 Å². The first kappa shape index (κ1) is 28.2. The van der Waals surface area contributed by atoms with Crippen LogP contribution in [0.1, 0.15) is 36.5 Å². The number of unbranched alkanes of at least 4 members (excludes halogenated alkanes) is 1. The molecule has 32 heavy (non-hydrogen) atoms. The zero-order chi connectivity index (χ0) is 22.2. The number of methoxy groups -OCH3 is 1. The molecular weight excluding hydrogens is 517 g/mol. The van der Waals surface area contributed by atoms with Crippen LogP contribution in [-0.2, 0) is 22.6 Å². The van der Waals surface area contributed by atoms with E-state index in [1.165, 1.54) is 11.1 Å². The summed E-state index contributed by atoms with van der Waals surface area (Å²) in [5.74, 6) is 1.68. The van der Waals surface area contributed by atoms with Crippen molar-refractivity contribution in [1.29, 1.82) is 0 Å². The highest BCUT2D eigenvalue weighted by Crippen LogP contribution is 2.21. The number of benzene rings is 2. The first-order chi connectivity index (χ1) is 15.2. The molecule has 0 aromatic heterocycles. The maximum atomic E-state index is 5.87. The number of halogens is 1. The Hall–Kier alpha value is -1.84. The summed E-state index contributed by atoms with van der Waals surface area (Å²) in [4.78, 5) is 4.73. The monoisotopic (exact) mass is 555 g/mol. The first-order valence-electron chi connectivity index (χ1n) is 11.1. The molecule has 0 saturated carbocycles. The van der Waals surface area contributed by atoms with Gasteiger partial charge in [0.1, 0.15) is 12.4 Å². The Morgan fingerprint density at radius 3 is 2.53 bits per heavy atom. The third kappa shape index (κ3) is 11.7. The van der Waals surface area contributed by atoms with Crippen LogP contribution in [0.4, 0.5) is 0 Å². The van der Waals surface area contributed by atoms with E-state index in [2.05, 4.69) is 54.8 Å².